The molecule has 0 spiro atoms. The number of amides is 1. The van der Waals surface area contributed by atoms with Crippen molar-refractivity contribution in [2.75, 3.05) is 33.4 Å². The van der Waals surface area contributed by atoms with E-state index in [-0.39, 0.29) is 4.90 Å². The Morgan fingerprint density at radius 2 is 1.57 bits per heavy atom. The van der Waals surface area contributed by atoms with Gasteiger partial charge >= 0.3 is 5.97 Å². The zero-order chi connectivity index (χ0) is 27.4. The van der Waals surface area contributed by atoms with E-state index >= 15 is 0 Å². The second-order valence-corrected chi connectivity index (χ2v) is 10.3. The maximum Gasteiger partial charge on any atom is 0.323 e. The summed E-state index contributed by atoms with van der Waals surface area (Å²) in [6.07, 6.45) is 1.40. The largest absolute Gasteiger partial charge is 0.480 e. The maximum atomic E-state index is 12.4. The summed E-state index contributed by atoms with van der Waals surface area (Å²) in [7, 11) is 1.95. The van der Waals surface area contributed by atoms with Gasteiger partial charge in [0.1, 0.15) is 11.9 Å². The Kier molecular flexibility index (Phi) is 11.2. The van der Waals surface area contributed by atoms with E-state index in [1.807, 2.05) is 38.2 Å². The van der Waals surface area contributed by atoms with Crippen molar-refractivity contribution in [1.29, 1.82) is 0 Å². The van der Waals surface area contributed by atoms with Crippen LogP contribution in [-0.4, -0.2) is 69.0 Å². The minimum absolute atomic E-state index is 0.0634. The predicted molar refractivity (Wildman–Crippen MR) is 143 cm³/mol. The summed E-state index contributed by atoms with van der Waals surface area (Å²) < 4.78 is 26.9. The third kappa shape index (κ3) is 10.4. The summed E-state index contributed by atoms with van der Waals surface area (Å²) in [6.45, 7) is -0.414. The average molecular weight is 528 g/mol. The van der Waals surface area contributed by atoms with E-state index in [9.17, 15) is 23.1 Å². The molecule has 0 aliphatic heterocycles. The first-order valence-electron chi connectivity index (χ1n) is 11.5. The SMILES string of the molecule is CN(C)C.Nc1cccc(CCc2ccc(C(=O)NCC(NS(=O)(=O)c3ccccc3)C(=O)O)cc2)n1. The number of aryl methyl sites for hydroxylation is 2. The van der Waals surface area contributed by atoms with Crippen LogP contribution >= 0.6 is 0 Å². The lowest BCUT2D eigenvalue weighted by Gasteiger charge is -2.16. The van der Waals surface area contributed by atoms with Crippen LogP contribution in [-0.2, 0) is 27.7 Å². The van der Waals surface area contributed by atoms with Crippen molar-refractivity contribution in [2.24, 2.45) is 0 Å². The van der Waals surface area contributed by atoms with Crippen molar-refractivity contribution >= 4 is 27.7 Å². The van der Waals surface area contributed by atoms with Gasteiger partial charge in [-0.1, -0.05) is 36.4 Å². The Morgan fingerprint density at radius 3 is 2.14 bits per heavy atom. The van der Waals surface area contributed by atoms with E-state index in [1.165, 1.54) is 24.3 Å². The lowest BCUT2D eigenvalue weighted by atomic mass is 10.1. The lowest BCUT2D eigenvalue weighted by molar-refractivity contribution is -0.138. The number of carboxylic acids is 1. The molecule has 1 atom stereocenters. The minimum Gasteiger partial charge on any atom is -0.480 e. The number of nitrogen functional groups attached to an aromatic ring is 1. The highest BCUT2D eigenvalue weighted by Gasteiger charge is 2.26. The normalized spacial score (nSPS) is 11.8. The van der Waals surface area contributed by atoms with Crippen molar-refractivity contribution in [1.82, 2.24) is 19.9 Å². The van der Waals surface area contributed by atoms with Crippen LogP contribution in [0.25, 0.3) is 0 Å². The minimum atomic E-state index is -4.05. The molecule has 0 bridgehead atoms. The summed E-state index contributed by atoms with van der Waals surface area (Å²) in [6, 6.07) is 18.2. The smallest absolute Gasteiger partial charge is 0.323 e. The Labute approximate surface area is 217 Å². The first kappa shape index (κ1) is 29.4. The molecule has 11 heteroatoms. The van der Waals surface area contributed by atoms with Gasteiger partial charge in [0.15, 0.2) is 0 Å². The summed E-state index contributed by atoms with van der Waals surface area (Å²) in [5.41, 5.74) is 7.88. The molecule has 1 unspecified atom stereocenters. The first-order chi connectivity index (χ1) is 17.5. The summed E-state index contributed by atoms with van der Waals surface area (Å²) in [5, 5.41) is 11.8. The predicted octanol–water partition coefficient (Wildman–Crippen LogP) is 1.79. The molecule has 10 nitrogen and oxygen atoms in total. The highest BCUT2D eigenvalue weighted by molar-refractivity contribution is 7.89. The van der Waals surface area contributed by atoms with Crippen LogP contribution in [0.4, 0.5) is 5.82 Å². The molecule has 0 saturated carbocycles. The number of nitrogens with two attached hydrogens (primary N) is 1. The number of rotatable bonds is 10. The van der Waals surface area contributed by atoms with E-state index in [4.69, 9.17) is 5.73 Å². The average Bonchev–Trinajstić information content (AvgIpc) is 2.85. The molecular weight excluding hydrogens is 494 g/mol. The van der Waals surface area contributed by atoms with Crippen molar-refractivity contribution in [3.63, 3.8) is 0 Å². The number of sulfonamides is 1. The molecule has 3 rings (SSSR count). The number of carbonyl (C=O) groups excluding carboxylic acids is 1. The molecule has 1 heterocycles. The van der Waals surface area contributed by atoms with Crippen LogP contribution in [0, 0.1) is 0 Å². The number of nitrogens with one attached hydrogen (secondary N) is 2. The van der Waals surface area contributed by atoms with E-state index in [2.05, 4.69) is 15.0 Å². The van der Waals surface area contributed by atoms with E-state index < -0.39 is 34.5 Å². The number of carboxylic acid groups (broad SMARTS) is 1. The number of aromatic nitrogens is 1. The highest BCUT2D eigenvalue weighted by atomic mass is 32.2. The fraction of sp³-hybridized carbons (Fsp3) is 0.269. The van der Waals surface area contributed by atoms with Gasteiger partial charge in [0, 0.05) is 17.8 Å². The quantitative estimate of drug-likeness (QED) is 0.311. The fourth-order valence-electron chi connectivity index (χ4n) is 3.06. The van der Waals surface area contributed by atoms with Crippen molar-refractivity contribution in [3.8, 4) is 0 Å². The van der Waals surface area contributed by atoms with E-state index in [1.54, 1.807) is 36.4 Å². The van der Waals surface area contributed by atoms with Crippen LogP contribution in [0.15, 0.2) is 77.7 Å². The molecule has 3 aromatic rings. The topological polar surface area (TPSA) is 155 Å². The first-order valence-corrected chi connectivity index (χ1v) is 13.0. The van der Waals surface area contributed by atoms with Crippen LogP contribution in [0.1, 0.15) is 21.6 Å². The molecule has 37 heavy (non-hydrogen) atoms. The van der Waals surface area contributed by atoms with Crippen LogP contribution in [0.2, 0.25) is 0 Å². The summed E-state index contributed by atoms with van der Waals surface area (Å²) in [5.74, 6) is -1.45. The van der Waals surface area contributed by atoms with Gasteiger partial charge in [0.25, 0.3) is 5.91 Å². The molecule has 0 fully saturated rings. The number of anilines is 1. The number of nitrogens with zero attached hydrogens (tertiary/aromatic N) is 2. The highest BCUT2D eigenvalue weighted by Crippen LogP contribution is 2.10. The molecule has 0 aliphatic rings. The third-order valence-electron chi connectivity index (χ3n) is 4.83. The molecule has 2 aromatic carbocycles. The molecule has 0 aliphatic carbocycles. The molecule has 1 amide bonds. The Hall–Kier alpha value is -3.80. The van der Waals surface area contributed by atoms with Gasteiger partial charge < -0.3 is 21.1 Å². The molecule has 5 N–H and O–H groups in total. The van der Waals surface area contributed by atoms with Gasteiger partial charge in [-0.15, -0.1) is 0 Å². The van der Waals surface area contributed by atoms with Gasteiger partial charge in [-0.05, 0) is 75.9 Å². The van der Waals surface area contributed by atoms with Crippen LogP contribution < -0.4 is 15.8 Å². The summed E-state index contributed by atoms with van der Waals surface area (Å²) >= 11 is 0. The molecular formula is C26H33N5O5S. The zero-order valence-electron chi connectivity index (χ0n) is 21.1. The van der Waals surface area contributed by atoms with Gasteiger partial charge in [-0.25, -0.2) is 13.4 Å². The van der Waals surface area contributed by atoms with Crippen molar-refractivity contribution in [3.05, 3.63) is 89.6 Å². The Balaban J connectivity index is 0.00000112. The number of hydrogen-bond donors (Lipinski definition) is 4. The third-order valence-corrected chi connectivity index (χ3v) is 6.32. The molecule has 0 saturated heterocycles. The molecule has 0 radical (unpaired) electrons. The van der Waals surface area contributed by atoms with Crippen LogP contribution in [0.3, 0.4) is 0 Å². The molecule has 198 valence electrons. The van der Waals surface area contributed by atoms with Crippen molar-refractivity contribution in [2.45, 2.75) is 23.8 Å². The van der Waals surface area contributed by atoms with E-state index in [0.717, 1.165) is 11.3 Å². The molecule has 1 aromatic heterocycles. The number of aliphatic carboxylic acids is 1. The fourth-order valence-corrected chi connectivity index (χ4v) is 4.27. The zero-order valence-corrected chi connectivity index (χ0v) is 21.9. The number of carbonyl (C=O) groups is 2. The Bertz CT molecular complexity index is 1260. The standard InChI is InChI=1S/C23H24N4O5S.C3H9N/c24-21-8-4-5-18(26-21)14-11-16-9-12-17(13-10-16)22(28)25-15-20(23(29)30)27-33(31,32)19-6-2-1-3-7-19;1-4(2)3/h1-10,12-13,20,27H,11,14-15H2,(H2,24,26)(H,25,28)(H,29,30);1-3H3. The summed E-state index contributed by atoms with van der Waals surface area (Å²) in [4.78, 5) is 30.1. The van der Waals surface area contributed by atoms with Gasteiger partial charge in [-0.3, -0.25) is 9.59 Å². The number of pyridine rings is 1. The van der Waals surface area contributed by atoms with Gasteiger partial charge in [0.05, 0.1) is 4.90 Å². The van der Waals surface area contributed by atoms with Crippen LogP contribution in [0.5, 0.6) is 0 Å². The Morgan fingerprint density at radius 1 is 0.946 bits per heavy atom. The van der Waals surface area contributed by atoms with Crippen molar-refractivity contribution < 1.29 is 23.1 Å². The lowest BCUT2D eigenvalue weighted by Crippen LogP contribution is -2.48. The van der Waals surface area contributed by atoms with Gasteiger partial charge in [0.2, 0.25) is 10.0 Å². The van der Waals surface area contributed by atoms with E-state index in [0.29, 0.717) is 24.2 Å². The second-order valence-electron chi connectivity index (χ2n) is 8.63. The monoisotopic (exact) mass is 527 g/mol. The number of benzene rings is 2. The second kappa shape index (κ2) is 14.1. The van der Waals surface area contributed by atoms with Gasteiger partial charge in [-0.2, -0.15) is 4.72 Å². The maximum absolute atomic E-state index is 12.4. The number of hydrogen-bond acceptors (Lipinski definition) is 7.